The molecular weight excluding hydrogens is 358 g/mol. The minimum atomic E-state index is -0.257. The average Bonchev–Trinajstić information content (AvgIpc) is 3.11. The smallest absolute Gasteiger partial charge is 0.321 e. The quantitative estimate of drug-likeness (QED) is 0.548. The number of anilines is 1. The third-order valence-corrected chi connectivity index (χ3v) is 5.04. The van der Waals surface area contributed by atoms with E-state index in [-0.39, 0.29) is 6.03 Å². The largest absolute Gasteiger partial charge is 0.338 e. The maximum atomic E-state index is 11.9. The molecule has 0 aliphatic heterocycles. The summed E-state index contributed by atoms with van der Waals surface area (Å²) < 4.78 is 1.00. The fraction of sp³-hybridized carbons (Fsp3) is 0.100. The van der Waals surface area contributed by atoms with Crippen molar-refractivity contribution in [2.45, 2.75) is 6.92 Å². The van der Waals surface area contributed by atoms with Crippen molar-refractivity contribution in [1.82, 2.24) is 20.3 Å². The minimum Gasteiger partial charge on any atom is -0.338 e. The first-order chi connectivity index (χ1) is 13.2. The summed E-state index contributed by atoms with van der Waals surface area (Å²) in [6.07, 6.45) is 7.16. The van der Waals surface area contributed by atoms with Gasteiger partial charge in [-0.3, -0.25) is 15.3 Å². The fourth-order valence-corrected chi connectivity index (χ4v) is 3.80. The average molecular weight is 375 g/mol. The van der Waals surface area contributed by atoms with Crippen molar-refractivity contribution in [2.24, 2.45) is 0 Å². The number of fused-ring (bicyclic) bond motifs is 1. The number of nitrogens with zero attached hydrogens (tertiary/aromatic N) is 3. The van der Waals surface area contributed by atoms with Gasteiger partial charge in [0.1, 0.15) is 0 Å². The number of nitrogens with one attached hydrogen (secondary N) is 2. The van der Waals surface area contributed by atoms with Crippen LogP contribution in [0.2, 0.25) is 0 Å². The first-order valence-corrected chi connectivity index (χ1v) is 9.36. The number of rotatable bonds is 4. The molecule has 0 fully saturated rings. The Hall–Kier alpha value is -3.32. The molecule has 0 unspecified atom stereocenters. The molecule has 2 amide bonds. The Balaban J connectivity index is 1.86. The van der Waals surface area contributed by atoms with Gasteiger partial charge < -0.3 is 5.32 Å². The minimum absolute atomic E-state index is 0.257. The highest BCUT2D eigenvalue weighted by atomic mass is 32.1. The number of pyridine rings is 2. The lowest BCUT2D eigenvalue weighted by molar-refractivity contribution is 0.252. The van der Waals surface area contributed by atoms with Gasteiger partial charge in [-0.25, -0.2) is 9.78 Å². The Bertz CT molecular complexity index is 1080. The van der Waals surface area contributed by atoms with Gasteiger partial charge in [-0.15, -0.1) is 0 Å². The normalized spacial score (nSPS) is 10.7. The van der Waals surface area contributed by atoms with Crippen LogP contribution in [0.25, 0.3) is 32.5 Å². The summed E-state index contributed by atoms with van der Waals surface area (Å²) in [5.74, 6) is 0. The highest BCUT2D eigenvalue weighted by molar-refractivity contribution is 7.22. The Kier molecular flexibility index (Phi) is 4.76. The van der Waals surface area contributed by atoms with E-state index in [9.17, 15) is 4.79 Å². The van der Waals surface area contributed by atoms with E-state index in [1.54, 1.807) is 12.4 Å². The number of urea groups is 1. The Morgan fingerprint density at radius 1 is 1.04 bits per heavy atom. The maximum Gasteiger partial charge on any atom is 0.321 e. The number of benzene rings is 1. The number of aromatic nitrogens is 3. The van der Waals surface area contributed by atoms with E-state index in [0.29, 0.717) is 11.7 Å². The monoisotopic (exact) mass is 375 g/mol. The molecule has 7 heteroatoms. The Morgan fingerprint density at radius 2 is 1.78 bits per heavy atom. The second-order valence-corrected chi connectivity index (χ2v) is 6.86. The Morgan fingerprint density at radius 3 is 2.44 bits per heavy atom. The molecule has 0 spiro atoms. The number of carbonyl (C=O) groups is 1. The summed E-state index contributed by atoms with van der Waals surface area (Å²) in [5.41, 5.74) is 4.88. The Labute approximate surface area is 160 Å². The van der Waals surface area contributed by atoms with Gasteiger partial charge in [0.05, 0.1) is 10.2 Å². The van der Waals surface area contributed by atoms with E-state index in [1.165, 1.54) is 11.3 Å². The summed E-state index contributed by atoms with van der Waals surface area (Å²) in [7, 11) is 0. The van der Waals surface area contributed by atoms with Crippen LogP contribution < -0.4 is 10.6 Å². The molecule has 6 nitrogen and oxygen atoms in total. The van der Waals surface area contributed by atoms with Gasteiger partial charge in [-0.2, -0.15) is 0 Å². The van der Waals surface area contributed by atoms with Gasteiger partial charge in [0.15, 0.2) is 5.13 Å². The van der Waals surface area contributed by atoms with Crippen LogP contribution in [-0.4, -0.2) is 27.5 Å². The SMILES string of the molecule is CCNC(=O)Nc1nc2cc(-c3cccnc3)cc(-c3cccnc3)c2s1. The van der Waals surface area contributed by atoms with Crippen molar-refractivity contribution in [3.63, 3.8) is 0 Å². The lowest BCUT2D eigenvalue weighted by atomic mass is 10.0. The first kappa shape index (κ1) is 17.1. The van der Waals surface area contributed by atoms with Crippen LogP contribution in [0.3, 0.4) is 0 Å². The number of hydrogen-bond acceptors (Lipinski definition) is 5. The summed E-state index contributed by atoms with van der Waals surface area (Å²) in [6.45, 7) is 2.43. The van der Waals surface area contributed by atoms with Crippen LogP contribution in [0.1, 0.15) is 6.92 Å². The molecule has 0 bridgehead atoms. The van der Waals surface area contributed by atoms with Crippen LogP contribution in [0, 0.1) is 0 Å². The van der Waals surface area contributed by atoms with Gasteiger partial charge in [0, 0.05) is 48.0 Å². The molecule has 3 aromatic heterocycles. The lowest BCUT2D eigenvalue weighted by Gasteiger charge is -2.07. The molecule has 2 N–H and O–H groups in total. The van der Waals surface area contributed by atoms with Gasteiger partial charge in [-0.05, 0) is 36.8 Å². The van der Waals surface area contributed by atoms with Crippen molar-refractivity contribution < 1.29 is 4.79 Å². The van der Waals surface area contributed by atoms with Crippen LogP contribution in [-0.2, 0) is 0 Å². The van der Waals surface area contributed by atoms with Gasteiger partial charge in [0.25, 0.3) is 0 Å². The topological polar surface area (TPSA) is 79.8 Å². The van der Waals surface area contributed by atoms with E-state index in [2.05, 4.69) is 31.7 Å². The number of carbonyl (C=O) groups excluding carboxylic acids is 1. The van der Waals surface area contributed by atoms with Crippen molar-refractivity contribution in [2.75, 3.05) is 11.9 Å². The van der Waals surface area contributed by atoms with E-state index < -0.39 is 0 Å². The van der Waals surface area contributed by atoms with Gasteiger partial charge in [0.2, 0.25) is 0 Å². The molecule has 4 rings (SSSR count). The predicted molar refractivity (Wildman–Crippen MR) is 109 cm³/mol. The van der Waals surface area contributed by atoms with Crippen molar-refractivity contribution in [3.05, 3.63) is 61.2 Å². The molecule has 0 saturated heterocycles. The standard InChI is InChI=1S/C20H17N5OS/c1-2-23-19(26)25-20-24-17-10-15(13-5-3-7-21-11-13)9-16(18(17)27-20)14-6-4-8-22-12-14/h3-12H,2H2,1H3,(H2,23,24,25,26). The van der Waals surface area contributed by atoms with E-state index >= 15 is 0 Å². The second kappa shape index (κ2) is 7.51. The third-order valence-electron chi connectivity index (χ3n) is 4.02. The van der Waals surface area contributed by atoms with Gasteiger partial charge >= 0.3 is 6.03 Å². The maximum absolute atomic E-state index is 11.9. The molecule has 0 atom stereocenters. The van der Waals surface area contributed by atoms with Crippen LogP contribution in [0.5, 0.6) is 0 Å². The highest BCUT2D eigenvalue weighted by Crippen LogP contribution is 2.38. The highest BCUT2D eigenvalue weighted by Gasteiger charge is 2.14. The summed E-state index contributed by atoms with van der Waals surface area (Å²) in [5, 5.41) is 6.08. The molecular formula is C20H17N5OS. The van der Waals surface area contributed by atoms with Crippen molar-refractivity contribution >= 4 is 32.7 Å². The van der Waals surface area contributed by atoms with Crippen LogP contribution in [0.15, 0.2) is 61.2 Å². The molecule has 27 heavy (non-hydrogen) atoms. The second-order valence-electron chi connectivity index (χ2n) is 5.86. The molecule has 0 aliphatic carbocycles. The van der Waals surface area contributed by atoms with E-state index in [4.69, 9.17) is 0 Å². The van der Waals surface area contributed by atoms with Crippen molar-refractivity contribution in [1.29, 1.82) is 0 Å². The zero-order valence-corrected chi connectivity index (χ0v) is 15.5. The number of hydrogen-bond donors (Lipinski definition) is 2. The van der Waals surface area contributed by atoms with Crippen LogP contribution in [0.4, 0.5) is 9.93 Å². The van der Waals surface area contributed by atoms with Crippen molar-refractivity contribution in [3.8, 4) is 22.3 Å². The lowest BCUT2D eigenvalue weighted by Crippen LogP contribution is -2.28. The molecule has 0 radical (unpaired) electrons. The molecule has 1 aromatic carbocycles. The van der Waals surface area contributed by atoms with E-state index in [0.717, 1.165) is 32.5 Å². The molecule has 3 heterocycles. The molecule has 0 aliphatic rings. The summed E-state index contributed by atoms with van der Waals surface area (Å²) in [6, 6.07) is 11.7. The third kappa shape index (κ3) is 3.63. The molecule has 134 valence electrons. The summed E-state index contributed by atoms with van der Waals surface area (Å²) >= 11 is 1.45. The first-order valence-electron chi connectivity index (χ1n) is 8.55. The van der Waals surface area contributed by atoms with E-state index in [1.807, 2.05) is 49.6 Å². The van der Waals surface area contributed by atoms with Crippen LogP contribution >= 0.6 is 11.3 Å². The summed E-state index contributed by atoms with van der Waals surface area (Å²) in [4.78, 5) is 24.9. The number of thiazole rings is 1. The molecule has 4 aromatic rings. The zero-order chi connectivity index (χ0) is 18.6. The molecule has 0 saturated carbocycles. The fourth-order valence-electron chi connectivity index (χ4n) is 2.82. The predicted octanol–water partition coefficient (Wildman–Crippen LogP) is 4.56. The zero-order valence-electron chi connectivity index (χ0n) is 14.6. The van der Waals surface area contributed by atoms with Gasteiger partial charge in [-0.1, -0.05) is 23.5 Å². The number of amides is 2.